The second kappa shape index (κ2) is 30.4. The first kappa shape index (κ1) is 44.0. The number of carbonyl (C=O) groups excluding carboxylic acids is 3. The topological polar surface area (TPSA) is 102 Å². The summed E-state index contributed by atoms with van der Waals surface area (Å²) in [6.45, 7) is 4.37. The summed E-state index contributed by atoms with van der Waals surface area (Å²) in [6, 6.07) is -0.740. The van der Waals surface area contributed by atoms with Crippen molar-refractivity contribution in [1.29, 1.82) is 0 Å². The normalized spacial score (nSPS) is 13.8. The van der Waals surface area contributed by atoms with Crippen LogP contribution in [0.4, 0.5) is 0 Å². The lowest BCUT2D eigenvalue weighted by Crippen LogP contribution is -2.55. The highest BCUT2D eigenvalue weighted by atomic mass is 16.6. The molecule has 8 nitrogen and oxygen atoms in total. The van der Waals surface area contributed by atoms with Gasteiger partial charge in [-0.25, -0.2) is 0 Å². The summed E-state index contributed by atoms with van der Waals surface area (Å²) in [6.07, 6.45) is 34.3. The molecule has 0 bridgehead atoms. The molecule has 268 valence electrons. The highest BCUT2D eigenvalue weighted by molar-refractivity contribution is 5.71. The molecule has 2 unspecified atom stereocenters. The molecular formula is C39H65NO7. The van der Waals surface area contributed by atoms with Crippen molar-refractivity contribution in [3.63, 3.8) is 0 Å². The first-order valence-electron chi connectivity index (χ1n) is 17.8. The molecule has 0 radical (unpaired) electrons. The van der Waals surface area contributed by atoms with E-state index in [0.717, 1.165) is 44.9 Å². The number of rotatable bonds is 30. The van der Waals surface area contributed by atoms with Gasteiger partial charge in [0.1, 0.15) is 12.6 Å². The van der Waals surface area contributed by atoms with Gasteiger partial charge in [-0.15, -0.1) is 0 Å². The van der Waals surface area contributed by atoms with Crippen LogP contribution >= 0.6 is 0 Å². The van der Waals surface area contributed by atoms with E-state index in [4.69, 9.17) is 14.2 Å². The molecule has 0 fully saturated rings. The number of likely N-dealkylation sites (N-methyl/N-ethyl adjacent to an activating group) is 1. The number of esters is 2. The van der Waals surface area contributed by atoms with Gasteiger partial charge >= 0.3 is 11.9 Å². The Bertz CT molecular complexity index is 959. The van der Waals surface area contributed by atoms with Gasteiger partial charge in [0.05, 0.1) is 46.7 Å². The monoisotopic (exact) mass is 659 g/mol. The van der Waals surface area contributed by atoms with Crippen LogP contribution in [0.3, 0.4) is 0 Å². The molecule has 47 heavy (non-hydrogen) atoms. The molecule has 2 atom stereocenters. The Morgan fingerprint density at radius 3 is 1.68 bits per heavy atom. The molecule has 0 aliphatic carbocycles. The van der Waals surface area contributed by atoms with E-state index in [1.807, 2.05) is 6.08 Å². The van der Waals surface area contributed by atoms with Gasteiger partial charge in [0.2, 0.25) is 0 Å². The summed E-state index contributed by atoms with van der Waals surface area (Å²) in [5.74, 6) is -1.91. The highest BCUT2D eigenvalue weighted by Gasteiger charge is 2.25. The quantitative estimate of drug-likeness (QED) is 0.0344. The third kappa shape index (κ3) is 28.9. The molecule has 0 amide bonds. The van der Waals surface area contributed by atoms with E-state index in [9.17, 15) is 19.5 Å². The molecule has 0 aromatic carbocycles. The number of nitrogens with zero attached hydrogens (tertiary/aromatic N) is 1. The molecule has 0 aliphatic heterocycles. The van der Waals surface area contributed by atoms with Crippen LogP contribution in [0.15, 0.2) is 60.8 Å². The minimum absolute atomic E-state index is 0.000638. The fraction of sp³-hybridized carbons (Fsp3) is 0.667. The number of allylic oxidation sites excluding steroid dienone is 9. The number of hydrogen-bond acceptors (Lipinski definition) is 7. The zero-order valence-corrected chi connectivity index (χ0v) is 30.2. The summed E-state index contributed by atoms with van der Waals surface area (Å²) in [5.41, 5.74) is 0. The van der Waals surface area contributed by atoms with Crippen molar-refractivity contribution in [2.24, 2.45) is 0 Å². The predicted octanol–water partition coefficient (Wildman–Crippen LogP) is 7.35. The van der Waals surface area contributed by atoms with Crippen molar-refractivity contribution in [2.75, 3.05) is 41.0 Å². The average Bonchev–Trinajstić information content (AvgIpc) is 3.01. The van der Waals surface area contributed by atoms with Crippen LogP contribution in [0.25, 0.3) is 0 Å². The van der Waals surface area contributed by atoms with Gasteiger partial charge in [-0.05, 0) is 38.5 Å². The van der Waals surface area contributed by atoms with Gasteiger partial charge in [-0.1, -0.05) is 120 Å². The smallest absolute Gasteiger partial charge is 0.310 e. The summed E-state index contributed by atoms with van der Waals surface area (Å²) in [5, 5.41) is 11.5. The van der Waals surface area contributed by atoms with Crippen molar-refractivity contribution in [3.05, 3.63) is 60.8 Å². The molecule has 8 heteroatoms. The van der Waals surface area contributed by atoms with E-state index in [1.165, 1.54) is 32.1 Å². The van der Waals surface area contributed by atoms with Crippen LogP contribution in [-0.4, -0.2) is 75.5 Å². The van der Waals surface area contributed by atoms with Crippen molar-refractivity contribution in [3.8, 4) is 0 Å². The van der Waals surface area contributed by atoms with Crippen LogP contribution in [0.2, 0.25) is 0 Å². The molecule has 0 aromatic heterocycles. The molecule has 0 heterocycles. The Labute approximate surface area is 286 Å². The number of ether oxygens (including phenoxy) is 3. The van der Waals surface area contributed by atoms with Crippen LogP contribution in [0.5, 0.6) is 0 Å². The number of aliphatic carboxylic acids is 1. The van der Waals surface area contributed by atoms with Crippen molar-refractivity contribution >= 4 is 17.9 Å². The van der Waals surface area contributed by atoms with Gasteiger partial charge in [0.15, 0.2) is 6.10 Å². The lowest BCUT2D eigenvalue weighted by Gasteiger charge is -2.34. The lowest BCUT2D eigenvalue weighted by molar-refractivity contribution is -0.889. The van der Waals surface area contributed by atoms with Crippen LogP contribution in [0.1, 0.15) is 117 Å². The average molecular weight is 660 g/mol. The third-order valence-corrected chi connectivity index (χ3v) is 7.45. The Morgan fingerprint density at radius 2 is 1.17 bits per heavy atom. The number of carbonyl (C=O) groups is 3. The Hall–Kier alpha value is -2.97. The zero-order chi connectivity index (χ0) is 35.0. The highest BCUT2D eigenvalue weighted by Crippen LogP contribution is 2.11. The molecule has 0 aliphatic rings. The fourth-order valence-electron chi connectivity index (χ4n) is 4.67. The zero-order valence-electron chi connectivity index (χ0n) is 30.2. The van der Waals surface area contributed by atoms with Crippen molar-refractivity contribution < 1.29 is 38.2 Å². The number of quaternary nitrogens is 1. The molecular weight excluding hydrogens is 594 g/mol. The maximum absolute atomic E-state index is 12.5. The molecule has 0 N–H and O–H groups in total. The Morgan fingerprint density at radius 1 is 0.660 bits per heavy atom. The summed E-state index contributed by atoms with van der Waals surface area (Å²) < 4.78 is 16.9. The van der Waals surface area contributed by atoms with Gasteiger partial charge in [-0.2, -0.15) is 0 Å². The number of hydrogen-bond donors (Lipinski definition) is 0. The van der Waals surface area contributed by atoms with Gasteiger partial charge < -0.3 is 28.6 Å². The lowest BCUT2D eigenvalue weighted by atomic mass is 10.1. The minimum atomic E-state index is -1.14. The second-order valence-corrected chi connectivity index (χ2v) is 12.7. The van der Waals surface area contributed by atoms with Gasteiger partial charge in [0, 0.05) is 12.8 Å². The Balaban J connectivity index is 4.62. The molecule has 0 rings (SSSR count). The predicted molar refractivity (Wildman–Crippen MR) is 189 cm³/mol. The maximum Gasteiger partial charge on any atom is 0.310 e. The first-order valence-corrected chi connectivity index (χ1v) is 17.8. The number of carboxylic acids is 1. The van der Waals surface area contributed by atoms with Gasteiger partial charge in [-0.3, -0.25) is 9.59 Å². The third-order valence-electron chi connectivity index (χ3n) is 7.45. The Kier molecular flexibility index (Phi) is 28.4. The van der Waals surface area contributed by atoms with Crippen molar-refractivity contribution in [1.82, 2.24) is 0 Å². The fourth-order valence-corrected chi connectivity index (χ4v) is 4.67. The number of carboxylic acid groups (broad SMARTS) is 1. The van der Waals surface area contributed by atoms with E-state index < -0.39 is 24.1 Å². The van der Waals surface area contributed by atoms with E-state index >= 15 is 0 Å². The van der Waals surface area contributed by atoms with Gasteiger partial charge in [0.25, 0.3) is 0 Å². The second-order valence-electron chi connectivity index (χ2n) is 12.7. The molecule has 0 spiro atoms. The first-order chi connectivity index (χ1) is 22.6. The van der Waals surface area contributed by atoms with E-state index in [0.29, 0.717) is 12.8 Å². The van der Waals surface area contributed by atoms with E-state index in [-0.39, 0.29) is 43.1 Å². The van der Waals surface area contributed by atoms with Crippen molar-refractivity contribution in [2.45, 2.75) is 129 Å². The summed E-state index contributed by atoms with van der Waals surface area (Å²) in [4.78, 5) is 36.4. The number of unbranched alkanes of at least 4 members (excludes halogenated alkanes) is 7. The summed E-state index contributed by atoms with van der Waals surface area (Å²) in [7, 11) is 5.35. The standard InChI is InChI=1S/C39H65NO7/c1-6-8-10-12-14-16-17-18-19-20-21-22-24-26-28-30-38(42)47-35(33-45-32-31-36(39(43)44)40(3,4)5)34-46-37(41)29-27-25-23-15-13-11-9-7-2/h8,10,14,16,18-19,21-22,26,28,35-36H,6-7,9,11-13,15,17,20,23-25,27,29-34H2,1-5H3/b10-8-,16-14-,19-18-,22-21-,28-26-. The van der Waals surface area contributed by atoms with Crippen LogP contribution < -0.4 is 5.11 Å². The minimum Gasteiger partial charge on any atom is -0.544 e. The van der Waals surface area contributed by atoms with E-state index in [1.54, 1.807) is 27.2 Å². The largest absolute Gasteiger partial charge is 0.544 e. The van der Waals surface area contributed by atoms with E-state index in [2.05, 4.69) is 62.5 Å². The maximum atomic E-state index is 12.5. The molecule has 0 saturated heterocycles. The SMILES string of the molecule is CC/C=C\C/C=C\C/C=C\C/C=C\C/C=C\CC(=O)OC(COCCC(C(=O)[O-])[N+](C)(C)C)COC(=O)CCCCCCCCCC. The van der Waals surface area contributed by atoms with Crippen LogP contribution in [-0.2, 0) is 28.6 Å². The summed E-state index contributed by atoms with van der Waals surface area (Å²) >= 11 is 0. The van der Waals surface area contributed by atoms with Crippen LogP contribution in [0, 0.1) is 0 Å². The molecule has 0 saturated carbocycles. The molecule has 0 aromatic rings.